The summed E-state index contributed by atoms with van der Waals surface area (Å²) in [5.41, 5.74) is 3.54. The number of benzene rings is 2. The van der Waals surface area contributed by atoms with Crippen LogP contribution in [0.1, 0.15) is 88.2 Å². The van der Waals surface area contributed by atoms with Crippen molar-refractivity contribution < 1.29 is 4.79 Å². The highest BCUT2D eigenvalue weighted by atomic mass is 16.2. The van der Waals surface area contributed by atoms with Gasteiger partial charge in [0.25, 0.3) is 5.56 Å². The van der Waals surface area contributed by atoms with E-state index in [1.54, 1.807) is 4.57 Å². The first-order valence-corrected chi connectivity index (χ1v) is 13.3. The fourth-order valence-corrected chi connectivity index (χ4v) is 5.37. The van der Waals surface area contributed by atoms with Crippen LogP contribution >= 0.6 is 0 Å². The van der Waals surface area contributed by atoms with Crippen LogP contribution in [0.3, 0.4) is 0 Å². The molecule has 1 aromatic heterocycles. The molecule has 1 saturated carbocycles. The molecule has 4 rings (SSSR count). The van der Waals surface area contributed by atoms with E-state index in [1.165, 1.54) is 6.42 Å². The zero-order valence-electron chi connectivity index (χ0n) is 21.7. The summed E-state index contributed by atoms with van der Waals surface area (Å²) in [5, 5.41) is 0.598. The smallest absolute Gasteiger partial charge is 0.266 e. The van der Waals surface area contributed by atoms with Crippen molar-refractivity contribution in [3.63, 3.8) is 0 Å². The molecule has 0 radical (unpaired) electrons. The van der Waals surface area contributed by atoms with Crippen LogP contribution in [0.4, 0.5) is 0 Å². The monoisotopic (exact) mass is 473 g/mol. The number of para-hydroxylation sites is 1. The van der Waals surface area contributed by atoms with Gasteiger partial charge in [-0.05, 0) is 69.4 Å². The van der Waals surface area contributed by atoms with Gasteiger partial charge in [0.1, 0.15) is 5.82 Å². The van der Waals surface area contributed by atoms with Crippen LogP contribution in [0, 0.1) is 19.8 Å². The van der Waals surface area contributed by atoms with Crippen molar-refractivity contribution in [2.45, 2.75) is 85.1 Å². The predicted molar refractivity (Wildman–Crippen MR) is 143 cm³/mol. The lowest BCUT2D eigenvalue weighted by Gasteiger charge is -2.34. The van der Waals surface area contributed by atoms with E-state index in [4.69, 9.17) is 4.98 Å². The lowest BCUT2D eigenvalue weighted by Crippen LogP contribution is -2.41. The molecule has 1 atom stereocenters. The normalized spacial score (nSPS) is 15.3. The fourth-order valence-electron chi connectivity index (χ4n) is 5.37. The van der Waals surface area contributed by atoms with Gasteiger partial charge in [0.15, 0.2) is 0 Å². The zero-order valence-corrected chi connectivity index (χ0v) is 21.7. The molecule has 1 fully saturated rings. The third kappa shape index (κ3) is 5.34. The first-order chi connectivity index (χ1) is 16.9. The first kappa shape index (κ1) is 25.2. The summed E-state index contributed by atoms with van der Waals surface area (Å²) in [6.45, 7) is 8.98. The highest BCUT2D eigenvalue weighted by Gasteiger charge is 2.32. The second kappa shape index (κ2) is 11.2. The molecule has 5 heteroatoms. The van der Waals surface area contributed by atoms with Crippen LogP contribution in [0.2, 0.25) is 0 Å². The number of aromatic nitrogens is 2. The molecule has 0 spiro atoms. The molecule has 3 aromatic rings. The Labute approximate surface area is 209 Å². The number of amides is 1. The van der Waals surface area contributed by atoms with Crippen molar-refractivity contribution in [3.8, 4) is 5.69 Å². The molecular formula is C30H39N3O2. The number of carbonyl (C=O) groups is 1. The summed E-state index contributed by atoms with van der Waals surface area (Å²) in [6.07, 6.45) is 8.52. The zero-order chi connectivity index (χ0) is 24.9. The van der Waals surface area contributed by atoms with Gasteiger partial charge in [-0.15, -0.1) is 0 Å². The Kier molecular flexibility index (Phi) is 8.04. The molecule has 0 bridgehead atoms. The van der Waals surface area contributed by atoms with Crippen LogP contribution in [0.25, 0.3) is 16.6 Å². The van der Waals surface area contributed by atoms with Gasteiger partial charge in [-0.1, -0.05) is 63.3 Å². The maximum absolute atomic E-state index is 13.9. The molecule has 1 heterocycles. The van der Waals surface area contributed by atoms with Gasteiger partial charge in [-0.25, -0.2) is 4.98 Å². The van der Waals surface area contributed by atoms with Crippen molar-refractivity contribution in [3.05, 3.63) is 69.8 Å². The number of rotatable bonds is 8. The molecule has 1 amide bonds. The summed E-state index contributed by atoms with van der Waals surface area (Å²) in [6, 6.07) is 13.4. The summed E-state index contributed by atoms with van der Waals surface area (Å²) < 4.78 is 1.76. The minimum Gasteiger partial charge on any atom is -0.333 e. The second-order valence-electron chi connectivity index (χ2n) is 10.2. The van der Waals surface area contributed by atoms with Gasteiger partial charge in [0.05, 0.1) is 22.6 Å². The third-order valence-electron chi connectivity index (χ3n) is 7.49. The Morgan fingerprint density at radius 3 is 2.57 bits per heavy atom. The SMILES string of the molecule is CCCCCN(C(=O)C1CCCCC1)C(C)c1nc2ccccc2c(=O)n1-c1cc(C)ccc1C. The van der Waals surface area contributed by atoms with Crippen LogP contribution in [-0.4, -0.2) is 26.9 Å². The molecule has 0 N–H and O–H groups in total. The highest BCUT2D eigenvalue weighted by molar-refractivity contribution is 5.80. The maximum atomic E-state index is 13.9. The fraction of sp³-hybridized carbons (Fsp3) is 0.500. The summed E-state index contributed by atoms with van der Waals surface area (Å²) in [5.74, 6) is 0.945. The van der Waals surface area contributed by atoms with Crippen LogP contribution in [0.5, 0.6) is 0 Å². The summed E-state index contributed by atoms with van der Waals surface area (Å²) >= 11 is 0. The number of hydrogen-bond acceptors (Lipinski definition) is 3. The number of nitrogens with zero attached hydrogens (tertiary/aromatic N) is 3. The average molecular weight is 474 g/mol. The Morgan fingerprint density at radius 1 is 1.09 bits per heavy atom. The third-order valence-corrected chi connectivity index (χ3v) is 7.49. The number of fused-ring (bicyclic) bond motifs is 1. The molecule has 1 aliphatic rings. The van der Waals surface area contributed by atoms with Crippen molar-refractivity contribution in [2.24, 2.45) is 5.92 Å². The van der Waals surface area contributed by atoms with E-state index in [0.29, 0.717) is 23.3 Å². The number of aryl methyl sites for hydroxylation is 2. The lowest BCUT2D eigenvalue weighted by molar-refractivity contribution is -0.139. The van der Waals surface area contributed by atoms with Crippen molar-refractivity contribution in [1.82, 2.24) is 14.5 Å². The van der Waals surface area contributed by atoms with Crippen LogP contribution in [-0.2, 0) is 4.79 Å². The van der Waals surface area contributed by atoms with Crippen LogP contribution < -0.4 is 5.56 Å². The minimum absolute atomic E-state index is 0.0779. The van der Waals surface area contributed by atoms with Gasteiger partial charge in [-0.2, -0.15) is 0 Å². The minimum atomic E-state index is -0.307. The first-order valence-electron chi connectivity index (χ1n) is 13.3. The van der Waals surface area contributed by atoms with Gasteiger partial charge >= 0.3 is 0 Å². The quantitative estimate of drug-likeness (QED) is 0.344. The van der Waals surface area contributed by atoms with Crippen molar-refractivity contribution in [1.29, 1.82) is 0 Å². The van der Waals surface area contributed by atoms with E-state index in [-0.39, 0.29) is 23.4 Å². The molecule has 0 aliphatic heterocycles. The average Bonchev–Trinajstić information content (AvgIpc) is 2.88. The van der Waals surface area contributed by atoms with E-state index in [9.17, 15) is 9.59 Å². The van der Waals surface area contributed by atoms with E-state index in [2.05, 4.69) is 13.0 Å². The Hall–Kier alpha value is -2.95. The van der Waals surface area contributed by atoms with Crippen LogP contribution in [0.15, 0.2) is 47.3 Å². The second-order valence-corrected chi connectivity index (χ2v) is 10.2. The predicted octanol–water partition coefficient (Wildman–Crippen LogP) is 6.66. The molecule has 35 heavy (non-hydrogen) atoms. The van der Waals surface area contributed by atoms with Crippen molar-refractivity contribution in [2.75, 3.05) is 6.54 Å². The Bertz CT molecular complexity index is 1240. The molecule has 0 saturated heterocycles. The number of carbonyl (C=O) groups excluding carboxylic acids is 1. The van der Waals surface area contributed by atoms with Crippen molar-refractivity contribution >= 4 is 16.8 Å². The molecular weight excluding hydrogens is 434 g/mol. The van der Waals surface area contributed by atoms with Gasteiger partial charge in [0.2, 0.25) is 5.91 Å². The Morgan fingerprint density at radius 2 is 1.83 bits per heavy atom. The topological polar surface area (TPSA) is 55.2 Å². The lowest BCUT2D eigenvalue weighted by atomic mass is 9.88. The van der Waals surface area contributed by atoms with Gasteiger partial charge in [0, 0.05) is 12.5 Å². The standard InChI is InChI=1S/C30H39N3O2/c1-5-6-12-19-32(29(34)24-13-8-7-9-14-24)23(4)28-31-26-16-11-10-15-25(26)30(35)33(28)27-20-21(2)17-18-22(27)3/h10-11,15-18,20,23-24H,5-9,12-14,19H2,1-4H3. The van der Waals surface area contributed by atoms with E-state index in [1.807, 2.05) is 62.1 Å². The molecule has 186 valence electrons. The molecule has 1 unspecified atom stereocenters. The maximum Gasteiger partial charge on any atom is 0.266 e. The number of hydrogen-bond donors (Lipinski definition) is 0. The molecule has 2 aromatic carbocycles. The van der Waals surface area contributed by atoms with Gasteiger partial charge in [-0.3, -0.25) is 14.2 Å². The Balaban J connectivity index is 1.87. The molecule has 5 nitrogen and oxygen atoms in total. The van der Waals surface area contributed by atoms with E-state index in [0.717, 1.165) is 61.8 Å². The van der Waals surface area contributed by atoms with E-state index >= 15 is 0 Å². The van der Waals surface area contributed by atoms with Gasteiger partial charge < -0.3 is 4.90 Å². The summed E-state index contributed by atoms with van der Waals surface area (Å²) in [7, 11) is 0. The van der Waals surface area contributed by atoms with E-state index < -0.39 is 0 Å². The number of unbranched alkanes of at least 4 members (excludes halogenated alkanes) is 2. The summed E-state index contributed by atoms with van der Waals surface area (Å²) in [4.78, 5) is 34.8. The largest absolute Gasteiger partial charge is 0.333 e. The highest BCUT2D eigenvalue weighted by Crippen LogP contribution is 2.31. The molecule has 1 aliphatic carbocycles.